The smallest absolute Gasteiger partial charge is 0.229 e. The van der Waals surface area contributed by atoms with Crippen LogP contribution in [0.3, 0.4) is 0 Å². The number of rotatable bonds is 9. The zero-order valence-electron chi connectivity index (χ0n) is 18.0. The van der Waals surface area contributed by atoms with Crippen molar-refractivity contribution in [1.29, 1.82) is 0 Å². The summed E-state index contributed by atoms with van der Waals surface area (Å²) in [5.41, 5.74) is 5.04. The molecule has 1 aliphatic carbocycles. The normalized spacial score (nSPS) is 13.3. The fourth-order valence-corrected chi connectivity index (χ4v) is 4.78. The van der Waals surface area contributed by atoms with Gasteiger partial charge in [0.2, 0.25) is 10.0 Å². The molecule has 0 amide bonds. The lowest BCUT2D eigenvalue weighted by Crippen LogP contribution is -2.26. The molecule has 0 fully saturated rings. The molecule has 6 nitrogen and oxygen atoms in total. The molecule has 0 aromatic heterocycles. The molecule has 3 aromatic carbocycles. The molecule has 0 aliphatic heterocycles. The molecule has 3 N–H and O–H groups in total. The lowest BCUT2D eigenvalue weighted by molar-refractivity contribution is 0.172. The minimum Gasteiger partial charge on any atom is -0.492 e. The third kappa shape index (κ3) is 5.67. The topological polar surface area (TPSA) is 87.7 Å². The van der Waals surface area contributed by atoms with Crippen molar-refractivity contribution in [2.24, 2.45) is 0 Å². The van der Waals surface area contributed by atoms with Crippen LogP contribution in [0.25, 0.3) is 11.1 Å². The zero-order chi connectivity index (χ0) is 23.6. The van der Waals surface area contributed by atoms with Gasteiger partial charge >= 0.3 is 0 Å². The first-order chi connectivity index (χ1) is 15.7. The first-order valence-corrected chi connectivity index (χ1v) is 12.8. The van der Waals surface area contributed by atoms with Crippen LogP contribution in [-0.2, 0) is 16.4 Å². The van der Waals surface area contributed by atoms with Gasteiger partial charge in [0.1, 0.15) is 18.2 Å². The van der Waals surface area contributed by atoms with E-state index in [1.807, 2.05) is 24.3 Å². The van der Waals surface area contributed by atoms with Crippen molar-refractivity contribution >= 4 is 28.3 Å². The van der Waals surface area contributed by atoms with E-state index >= 15 is 0 Å². The standard InChI is InChI=1S/C24H25FN2O4S2/c1-33(29,30)27-22-11-16(6-7-21(22)25)23(28)14-26-8-9-31-17-12-19-18-5-3-2-4-15(18)10-20(19)24(32)13-17/h2-7,11-13,23,26-28,32H,8-10,14H2,1H3. The number of sulfonamides is 1. The molecule has 0 spiro atoms. The van der Waals surface area contributed by atoms with Crippen LogP contribution >= 0.6 is 12.6 Å². The fourth-order valence-electron chi connectivity index (χ4n) is 3.89. The molecule has 1 unspecified atom stereocenters. The van der Waals surface area contributed by atoms with E-state index in [0.717, 1.165) is 35.0 Å². The van der Waals surface area contributed by atoms with E-state index in [4.69, 9.17) is 4.74 Å². The number of aliphatic hydroxyl groups is 1. The van der Waals surface area contributed by atoms with Crippen molar-refractivity contribution in [3.8, 4) is 16.9 Å². The highest BCUT2D eigenvalue weighted by Gasteiger charge is 2.21. The maximum atomic E-state index is 13.8. The van der Waals surface area contributed by atoms with Gasteiger partial charge in [-0.2, -0.15) is 0 Å². The predicted octanol–water partition coefficient (Wildman–Crippen LogP) is 3.76. The Morgan fingerprint density at radius 2 is 1.94 bits per heavy atom. The van der Waals surface area contributed by atoms with Gasteiger partial charge in [-0.1, -0.05) is 30.3 Å². The molecule has 0 saturated heterocycles. The van der Waals surface area contributed by atoms with Gasteiger partial charge in [-0.15, -0.1) is 12.6 Å². The van der Waals surface area contributed by atoms with Gasteiger partial charge < -0.3 is 15.2 Å². The van der Waals surface area contributed by atoms with Gasteiger partial charge in [-0.05, 0) is 58.5 Å². The van der Waals surface area contributed by atoms with Gasteiger partial charge in [0.25, 0.3) is 0 Å². The summed E-state index contributed by atoms with van der Waals surface area (Å²) >= 11 is 4.64. The number of hydrogen-bond donors (Lipinski definition) is 4. The molecule has 33 heavy (non-hydrogen) atoms. The summed E-state index contributed by atoms with van der Waals surface area (Å²) < 4.78 is 44.6. The lowest BCUT2D eigenvalue weighted by Gasteiger charge is -2.15. The van der Waals surface area contributed by atoms with Crippen LogP contribution in [0.5, 0.6) is 5.75 Å². The Balaban J connectivity index is 1.30. The second kappa shape index (κ2) is 9.72. The van der Waals surface area contributed by atoms with Crippen molar-refractivity contribution in [2.45, 2.75) is 17.4 Å². The number of nitrogens with one attached hydrogen (secondary N) is 2. The van der Waals surface area contributed by atoms with E-state index in [2.05, 4.69) is 34.8 Å². The molecule has 9 heteroatoms. The Bertz CT molecular complexity index is 1280. The number of aliphatic hydroxyl groups excluding tert-OH is 1. The Labute approximate surface area is 198 Å². The van der Waals surface area contributed by atoms with Gasteiger partial charge in [0.15, 0.2) is 0 Å². The quantitative estimate of drug-likeness (QED) is 0.213. The van der Waals surface area contributed by atoms with E-state index < -0.39 is 21.9 Å². The van der Waals surface area contributed by atoms with Crippen molar-refractivity contribution in [2.75, 3.05) is 30.7 Å². The maximum Gasteiger partial charge on any atom is 0.229 e. The average molecular weight is 489 g/mol. The predicted molar refractivity (Wildman–Crippen MR) is 130 cm³/mol. The second-order valence-electron chi connectivity index (χ2n) is 7.98. The van der Waals surface area contributed by atoms with E-state index in [1.54, 1.807) is 0 Å². The molecule has 0 bridgehead atoms. The minimum absolute atomic E-state index is 0.196. The maximum absolute atomic E-state index is 13.8. The lowest BCUT2D eigenvalue weighted by atomic mass is 10.1. The molecule has 0 saturated carbocycles. The van der Waals surface area contributed by atoms with Gasteiger partial charge in [-0.3, -0.25) is 4.72 Å². The molecule has 174 valence electrons. The van der Waals surface area contributed by atoms with Crippen LogP contribution < -0.4 is 14.8 Å². The number of halogens is 1. The Morgan fingerprint density at radius 3 is 2.73 bits per heavy atom. The van der Waals surface area contributed by atoms with Gasteiger partial charge in [0.05, 0.1) is 18.0 Å². The molecule has 0 heterocycles. The third-order valence-corrected chi connectivity index (χ3v) is 6.42. The summed E-state index contributed by atoms with van der Waals surface area (Å²) in [5.74, 6) is 0.0195. The molecular weight excluding hydrogens is 463 g/mol. The summed E-state index contributed by atoms with van der Waals surface area (Å²) in [5, 5.41) is 13.5. The van der Waals surface area contributed by atoms with Gasteiger partial charge in [0, 0.05) is 18.0 Å². The number of thiol groups is 1. The Morgan fingerprint density at radius 1 is 1.15 bits per heavy atom. The summed E-state index contributed by atoms with van der Waals surface area (Å²) in [6, 6.07) is 16.1. The number of hydrogen-bond acceptors (Lipinski definition) is 6. The van der Waals surface area contributed by atoms with Crippen LogP contribution in [0.1, 0.15) is 22.8 Å². The molecule has 4 rings (SSSR count). The number of ether oxygens (including phenoxy) is 1. The number of benzene rings is 3. The highest BCUT2D eigenvalue weighted by molar-refractivity contribution is 7.92. The Kier molecular flexibility index (Phi) is 6.94. The first-order valence-electron chi connectivity index (χ1n) is 10.4. The molecule has 0 radical (unpaired) electrons. The van der Waals surface area contributed by atoms with E-state index in [9.17, 15) is 17.9 Å². The summed E-state index contributed by atoms with van der Waals surface area (Å²) in [6.07, 6.45) is 0.869. The van der Waals surface area contributed by atoms with Crippen LogP contribution in [0, 0.1) is 5.82 Å². The molecule has 1 atom stereocenters. The summed E-state index contributed by atoms with van der Waals surface area (Å²) in [7, 11) is -3.63. The van der Waals surface area contributed by atoms with Crippen molar-refractivity contribution in [3.63, 3.8) is 0 Å². The minimum atomic E-state index is -3.63. The van der Waals surface area contributed by atoms with E-state index in [0.29, 0.717) is 18.7 Å². The van der Waals surface area contributed by atoms with Crippen LogP contribution in [0.4, 0.5) is 10.1 Å². The monoisotopic (exact) mass is 488 g/mol. The highest BCUT2D eigenvalue weighted by atomic mass is 32.2. The van der Waals surface area contributed by atoms with E-state index in [1.165, 1.54) is 28.8 Å². The van der Waals surface area contributed by atoms with Crippen molar-refractivity contribution in [3.05, 3.63) is 77.1 Å². The highest BCUT2D eigenvalue weighted by Crippen LogP contribution is 2.41. The largest absolute Gasteiger partial charge is 0.492 e. The van der Waals surface area contributed by atoms with Gasteiger partial charge in [-0.25, -0.2) is 12.8 Å². The number of fused-ring (bicyclic) bond motifs is 3. The molecular formula is C24H25FN2O4S2. The fraction of sp³-hybridized carbons (Fsp3) is 0.250. The number of anilines is 1. The summed E-state index contributed by atoms with van der Waals surface area (Å²) in [4.78, 5) is 0.900. The van der Waals surface area contributed by atoms with Crippen LogP contribution in [0.2, 0.25) is 0 Å². The third-order valence-electron chi connectivity index (χ3n) is 5.43. The zero-order valence-corrected chi connectivity index (χ0v) is 19.7. The molecule has 3 aromatic rings. The van der Waals surface area contributed by atoms with Crippen LogP contribution in [0.15, 0.2) is 59.5 Å². The van der Waals surface area contributed by atoms with Crippen molar-refractivity contribution in [1.82, 2.24) is 5.32 Å². The Hall–Kier alpha value is -2.59. The molecule has 1 aliphatic rings. The van der Waals surface area contributed by atoms with Crippen LogP contribution in [-0.4, -0.2) is 39.5 Å². The second-order valence-corrected chi connectivity index (χ2v) is 10.2. The SMILES string of the molecule is CS(=O)(=O)Nc1cc(C(O)CNCCOc2cc(S)c3c(c2)-c2ccccc2C3)ccc1F. The first kappa shape index (κ1) is 23.6. The summed E-state index contributed by atoms with van der Waals surface area (Å²) in [6.45, 7) is 1.05. The van der Waals surface area contributed by atoms with E-state index in [-0.39, 0.29) is 12.2 Å². The average Bonchev–Trinajstić information content (AvgIpc) is 3.13. The van der Waals surface area contributed by atoms with Crippen molar-refractivity contribution < 1.29 is 22.7 Å².